The van der Waals surface area contributed by atoms with E-state index in [4.69, 9.17) is 5.26 Å². The van der Waals surface area contributed by atoms with Crippen LogP contribution in [-0.2, 0) is 6.42 Å². The van der Waals surface area contributed by atoms with Crippen molar-refractivity contribution in [1.29, 1.82) is 5.26 Å². The number of thiol groups is 1. The van der Waals surface area contributed by atoms with Gasteiger partial charge in [-0.2, -0.15) is 17.9 Å². The first kappa shape index (κ1) is 9.10. The molecular weight excluding hydrogens is 194 g/mol. The van der Waals surface area contributed by atoms with Gasteiger partial charge in [-0.15, -0.1) is 0 Å². The Morgan fingerprint density at radius 2 is 2.36 bits per heavy atom. The number of imidazole rings is 1. The molecule has 2 aromatic heterocycles. The van der Waals surface area contributed by atoms with E-state index in [1.54, 1.807) is 0 Å². The van der Waals surface area contributed by atoms with Crippen molar-refractivity contribution in [2.45, 2.75) is 6.42 Å². The van der Waals surface area contributed by atoms with Crippen molar-refractivity contribution in [1.82, 2.24) is 9.38 Å². The highest BCUT2D eigenvalue weighted by atomic mass is 32.1. The molecule has 0 saturated carbocycles. The molecule has 0 saturated heterocycles. The summed E-state index contributed by atoms with van der Waals surface area (Å²) < 4.78 is 1.94. The summed E-state index contributed by atoms with van der Waals surface area (Å²) in [5.41, 5.74) is 1.36. The second-order valence-electron chi connectivity index (χ2n) is 2.92. The van der Waals surface area contributed by atoms with Crippen molar-refractivity contribution in [2.75, 3.05) is 5.75 Å². The third-order valence-electron chi connectivity index (χ3n) is 2.06. The molecule has 0 spiro atoms. The average Bonchev–Trinajstić information content (AvgIpc) is 2.58. The fourth-order valence-corrected chi connectivity index (χ4v) is 1.66. The van der Waals surface area contributed by atoms with Gasteiger partial charge in [-0.3, -0.25) is 0 Å². The predicted molar refractivity (Wildman–Crippen MR) is 57.5 cm³/mol. The topological polar surface area (TPSA) is 41.1 Å². The largest absolute Gasteiger partial charge is 0.302 e. The highest BCUT2D eigenvalue weighted by Crippen LogP contribution is 2.12. The molecule has 0 N–H and O–H groups in total. The third kappa shape index (κ3) is 1.36. The molecule has 0 aliphatic rings. The van der Waals surface area contributed by atoms with E-state index in [1.807, 2.05) is 28.8 Å². The highest BCUT2D eigenvalue weighted by molar-refractivity contribution is 7.80. The van der Waals surface area contributed by atoms with E-state index >= 15 is 0 Å². The Balaban J connectivity index is 2.68. The molecule has 0 atom stereocenters. The standard InChI is InChI=1S/C10H9N3S/c11-7-8-9-3-1-2-5-13(9)10(12-8)4-6-14/h1-3,5,14H,4,6H2. The number of rotatable bonds is 2. The Morgan fingerprint density at radius 1 is 1.50 bits per heavy atom. The van der Waals surface area contributed by atoms with Gasteiger partial charge in [0.2, 0.25) is 0 Å². The molecule has 0 amide bonds. The Labute approximate surface area is 87.4 Å². The molecule has 0 bridgehead atoms. The summed E-state index contributed by atoms with van der Waals surface area (Å²) >= 11 is 4.16. The number of fused-ring (bicyclic) bond motifs is 1. The lowest BCUT2D eigenvalue weighted by Crippen LogP contribution is -1.94. The van der Waals surface area contributed by atoms with Crippen molar-refractivity contribution in [3.63, 3.8) is 0 Å². The van der Waals surface area contributed by atoms with Crippen molar-refractivity contribution < 1.29 is 0 Å². The van der Waals surface area contributed by atoms with Crippen LogP contribution in [0.3, 0.4) is 0 Å². The van der Waals surface area contributed by atoms with E-state index in [0.29, 0.717) is 5.69 Å². The van der Waals surface area contributed by atoms with E-state index < -0.39 is 0 Å². The lowest BCUT2D eigenvalue weighted by Gasteiger charge is -1.96. The minimum atomic E-state index is 0.488. The lowest BCUT2D eigenvalue weighted by molar-refractivity contribution is 0.941. The second kappa shape index (κ2) is 3.72. The summed E-state index contributed by atoms with van der Waals surface area (Å²) in [6.07, 6.45) is 2.69. The number of aromatic nitrogens is 2. The van der Waals surface area contributed by atoms with Crippen LogP contribution in [0.5, 0.6) is 0 Å². The molecule has 4 heteroatoms. The third-order valence-corrected chi connectivity index (χ3v) is 2.29. The van der Waals surface area contributed by atoms with Crippen LogP contribution in [0.1, 0.15) is 11.5 Å². The van der Waals surface area contributed by atoms with Gasteiger partial charge in [0.05, 0.1) is 5.52 Å². The van der Waals surface area contributed by atoms with E-state index in [2.05, 4.69) is 23.7 Å². The second-order valence-corrected chi connectivity index (χ2v) is 3.37. The molecule has 0 radical (unpaired) electrons. The normalized spacial score (nSPS) is 10.3. The van der Waals surface area contributed by atoms with Crippen molar-refractivity contribution in [3.05, 3.63) is 35.9 Å². The fraction of sp³-hybridized carbons (Fsp3) is 0.200. The van der Waals surface area contributed by atoms with Crippen molar-refractivity contribution >= 4 is 18.1 Å². The monoisotopic (exact) mass is 203 g/mol. The number of hydrogen-bond donors (Lipinski definition) is 1. The molecule has 2 heterocycles. The van der Waals surface area contributed by atoms with Crippen LogP contribution in [0.15, 0.2) is 24.4 Å². The highest BCUT2D eigenvalue weighted by Gasteiger charge is 2.08. The molecule has 0 unspecified atom stereocenters. The van der Waals surface area contributed by atoms with Gasteiger partial charge in [-0.1, -0.05) is 6.07 Å². The molecule has 0 fully saturated rings. The number of nitrogens with zero attached hydrogens (tertiary/aromatic N) is 3. The number of aryl methyl sites for hydroxylation is 1. The molecule has 0 aliphatic heterocycles. The molecule has 3 nitrogen and oxygen atoms in total. The SMILES string of the molecule is N#Cc1nc(CCS)n2ccccc12. The van der Waals surface area contributed by atoms with E-state index in [0.717, 1.165) is 23.5 Å². The van der Waals surface area contributed by atoms with Gasteiger partial charge in [-0.05, 0) is 17.9 Å². The van der Waals surface area contributed by atoms with E-state index in [-0.39, 0.29) is 0 Å². The van der Waals surface area contributed by atoms with Crippen molar-refractivity contribution in [3.8, 4) is 6.07 Å². The van der Waals surface area contributed by atoms with Crippen LogP contribution in [0, 0.1) is 11.3 Å². The molecule has 0 aromatic carbocycles. The maximum Gasteiger partial charge on any atom is 0.166 e. The van der Waals surface area contributed by atoms with Gasteiger partial charge in [0, 0.05) is 12.6 Å². The Bertz CT molecular complexity index is 496. The Morgan fingerprint density at radius 3 is 3.07 bits per heavy atom. The van der Waals surface area contributed by atoms with E-state index in [9.17, 15) is 0 Å². The number of hydrogen-bond acceptors (Lipinski definition) is 3. The summed E-state index contributed by atoms with van der Waals surface area (Å²) in [5.74, 6) is 1.63. The summed E-state index contributed by atoms with van der Waals surface area (Å²) in [6, 6.07) is 7.82. The van der Waals surface area contributed by atoms with Gasteiger partial charge in [0.1, 0.15) is 11.9 Å². The number of nitriles is 1. The predicted octanol–water partition coefficient (Wildman–Crippen LogP) is 1.68. The molecular formula is C10H9N3S. The van der Waals surface area contributed by atoms with Crippen molar-refractivity contribution in [2.24, 2.45) is 0 Å². The first-order chi connectivity index (χ1) is 6.86. The summed E-state index contributed by atoms with van der Waals surface area (Å²) in [5, 5.41) is 8.87. The zero-order valence-electron chi connectivity index (χ0n) is 7.51. The van der Waals surface area contributed by atoms with Gasteiger partial charge in [0.15, 0.2) is 5.69 Å². The van der Waals surface area contributed by atoms with Crippen LogP contribution in [0.4, 0.5) is 0 Å². The first-order valence-corrected chi connectivity index (χ1v) is 4.97. The van der Waals surface area contributed by atoms with Crippen LogP contribution < -0.4 is 0 Å². The van der Waals surface area contributed by atoms with Gasteiger partial charge < -0.3 is 4.40 Å². The maximum absolute atomic E-state index is 8.87. The maximum atomic E-state index is 8.87. The summed E-state index contributed by atoms with van der Waals surface area (Å²) in [6.45, 7) is 0. The minimum absolute atomic E-state index is 0.488. The van der Waals surface area contributed by atoms with Crippen LogP contribution in [0.2, 0.25) is 0 Å². The van der Waals surface area contributed by atoms with Gasteiger partial charge in [-0.25, -0.2) is 4.98 Å². The van der Waals surface area contributed by atoms with Crippen LogP contribution >= 0.6 is 12.6 Å². The minimum Gasteiger partial charge on any atom is -0.302 e. The molecule has 2 rings (SSSR count). The summed E-state index contributed by atoms with van der Waals surface area (Å²) in [7, 11) is 0. The zero-order chi connectivity index (χ0) is 9.97. The molecule has 70 valence electrons. The van der Waals surface area contributed by atoms with E-state index in [1.165, 1.54) is 0 Å². The van der Waals surface area contributed by atoms with Crippen LogP contribution in [-0.4, -0.2) is 15.1 Å². The molecule has 14 heavy (non-hydrogen) atoms. The lowest BCUT2D eigenvalue weighted by atomic mass is 10.3. The zero-order valence-corrected chi connectivity index (χ0v) is 8.41. The van der Waals surface area contributed by atoms with Crippen LogP contribution in [0.25, 0.3) is 5.52 Å². The Hall–Kier alpha value is -1.47. The first-order valence-electron chi connectivity index (χ1n) is 4.33. The fourth-order valence-electron chi connectivity index (χ4n) is 1.46. The smallest absolute Gasteiger partial charge is 0.166 e. The quantitative estimate of drug-likeness (QED) is 0.754. The van der Waals surface area contributed by atoms with Gasteiger partial charge >= 0.3 is 0 Å². The Kier molecular flexibility index (Phi) is 2.42. The molecule has 2 aromatic rings. The average molecular weight is 203 g/mol. The molecule has 0 aliphatic carbocycles. The number of pyridine rings is 1. The van der Waals surface area contributed by atoms with Gasteiger partial charge in [0.25, 0.3) is 0 Å². The summed E-state index contributed by atoms with van der Waals surface area (Å²) in [4.78, 5) is 4.25.